The number of fused-ring (bicyclic) bond motifs is 1. The van der Waals surface area contributed by atoms with Crippen LogP contribution >= 0.6 is 0 Å². The van der Waals surface area contributed by atoms with Gasteiger partial charge in [-0.3, -0.25) is 14.5 Å². The van der Waals surface area contributed by atoms with Gasteiger partial charge in [0.25, 0.3) is 0 Å². The van der Waals surface area contributed by atoms with E-state index in [-0.39, 0.29) is 17.7 Å². The van der Waals surface area contributed by atoms with Gasteiger partial charge in [-0.05, 0) is 12.8 Å². The SMILES string of the molecule is CC(=O)N1CCC[C@@H](c2ncc3c(n2)CCN(CC(=O)N(C)C)C3)C1. The molecule has 2 aliphatic rings. The Morgan fingerprint density at radius 2 is 2.12 bits per heavy atom. The summed E-state index contributed by atoms with van der Waals surface area (Å²) in [5, 5.41) is 0. The first-order valence-electron chi connectivity index (χ1n) is 8.96. The molecule has 1 aromatic rings. The van der Waals surface area contributed by atoms with Gasteiger partial charge in [0.1, 0.15) is 5.82 Å². The maximum Gasteiger partial charge on any atom is 0.236 e. The highest BCUT2D eigenvalue weighted by Crippen LogP contribution is 2.26. The van der Waals surface area contributed by atoms with E-state index < -0.39 is 0 Å². The fourth-order valence-electron chi connectivity index (χ4n) is 3.53. The summed E-state index contributed by atoms with van der Waals surface area (Å²) in [4.78, 5) is 38.6. The molecule has 2 amide bonds. The van der Waals surface area contributed by atoms with Gasteiger partial charge in [0.15, 0.2) is 0 Å². The Labute approximate surface area is 149 Å². The van der Waals surface area contributed by atoms with Crippen LogP contribution in [0.2, 0.25) is 0 Å². The molecule has 0 saturated carbocycles. The van der Waals surface area contributed by atoms with Crippen LogP contribution in [0.4, 0.5) is 0 Å². The number of hydrogen-bond donors (Lipinski definition) is 0. The summed E-state index contributed by atoms with van der Waals surface area (Å²) in [7, 11) is 3.56. The maximum absolute atomic E-state index is 11.9. The Morgan fingerprint density at radius 1 is 1.32 bits per heavy atom. The number of nitrogens with zero attached hydrogens (tertiary/aromatic N) is 5. The number of carbonyl (C=O) groups is 2. The third kappa shape index (κ3) is 4.15. The van der Waals surface area contributed by atoms with E-state index in [1.807, 2.05) is 11.1 Å². The fraction of sp³-hybridized carbons (Fsp3) is 0.667. The van der Waals surface area contributed by atoms with E-state index in [0.717, 1.165) is 62.5 Å². The molecule has 25 heavy (non-hydrogen) atoms. The summed E-state index contributed by atoms with van der Waals surface area (Å²) in [5.41, 5.74) is 2.21. The molecule has 1 fully saturated rings. The molecule has 1 aromatic heterocycles. The molecule has 0 radical (unpaired) electrons. The Hall–Kier alpha value is -2.02. The summed E-state index contributed by atoms with van der Waals surface area (Å²) in [6, 6.07) is 0. The third-order valence-electron chi connectivity index (χ3n) is 5.12. The van der Waals surface area contributed by atoms with E-state index in [0.29, 0.717) is 6.54 Å². The lowest BCUT2D eigenvalue weighted by Gasteiger charge is -2.32. The number of rotatable bonds is 3. The molecule has 2 aliphatic heterocycles. The van der Waals surface area contributed by atoms with Crippen molar-refractivity contribution in [3.05, 3.63) is 23.3 Å². The number of hydrogen-bond acceptors (Lipinski definition) is 5. The van der Waals surface area contributed by atoms with E-state index in [1.54, 1.807) is 25.9 Å². The summed E-state index contributed by atoms with van der Waals surface area (Å²) < 4.78 is 0. The van der Waals surface area contributed by atoms with Crippen molar-refractivity contribution < 1.29 is 9.59 Å². The largest absolute Gasteiger partial charge is 0.348 e. The monoisotopic (exact) mass is 345 g/mol. The Morgan fingerprint density at radius 3 is 2.84 bits per heavy atom. The number of aromatic nitrogens is 2. The highest BCUT2D eigenvalue weighted by atomic mass is 16.2. The Bertz CT molecular complexity index is 661. The average Bonchev–Trinajstić information content (AvgIpc) is 2.61. The standard InChI is InChI=1S/C18H27N5O2/c1-13(24)23-7-4-5-14(11-23)18-19-9-15-10-22(8-6-16(15)20-18)12-17(25)21(2)3/h9,14H,4-8,10-12H2,1-3H3/t14-/m1/s1. The van der Waals surface area contributed by atoms with Crippen molar-refractivity contribution in [3.8, 4) is 0 Å². The third-order valence-corrected chi connectivity index (χ3v) is 5.12. The molecule has 0 aliphatic carbocycles. The van der Waals surface area contributed by atoms with E-state index >= 15 is 0 Å². The molecule has 3 heterocycles. The van der Waals surface area contributed by atoms with Gasteiger partial charge in [-0.1, -0.05) is 0 Å². The predicted octanol–water partition coefficient (Wildman–Crippen LogP) is 0.649. The number of likely N-dealkylation sites (N-methyl/N-ethyl adjacent to an activating group) is 1. The molecule has 7 nitrogen and oxygen atoms in total. The van der Waals surface area contributed by atoms with Crippen molar-refractivity contribution in [2.45, 2.75) is 38.6 Å². The van der Waals surface area contributed by atoms with Crippen LogP contribution < -0.4 is 0 Å². The van der Waals surface area contributed by atoms with Crippen molar-refractivity contribution in [2.24, 2.45) is 0 Å². The van der Waals surface area contributed by atoms with Gasteiger partial charge in [-0.15, -0.1) is 0 Å². The molecule has 7 heteroatoms. The lowest BCUT2D eigenvalue weighted by molar-refractivity contribution is -0.130. The van der Waals surface area contributed by atoms with Gasteiger partial charge in [0, 0.05) is 77.0 Å². The zero-order chi connectivity index (χ0) is 18.0. The lowest BCUT2D eigenvalue weighted by Crippen LogP contribution is -2.40. The molecule has 0 aromatic carbocycles. The van der Waals surface area contributed by atoms with Crippen molar-refractivity contribution in [2.75, 3.05) is 40.3 Å². The van der Waals surface area contributed by atoms with Crippen LogP contribution in [-0.4, -0.2) is 76.8 Å². The van der Waals surface area contributed by atoms with Crippen LogP contribution in [0.15, 0.2) is 6.20 Å². The van der Waals surface area contributed by atoms with E-state index in [9.17, 15) is 9.59 Å². The molecule has 0 bridgehead atoms. The number of carbonyl (C=O) groups excluding carboxylic acids is 2. The fourth-order valence-corrected chi connectivity index (χ4v) is 3.53. The molecule has 3 rings (SSSR count). The first-order chi connectivity index (χ1) is 11.9. The molecule has 1 atom stereocenters. The summed E-state index contributed by atoms with van der Waals surface area (Å²) in [6.07, 6.45) is 4.79. The second-order valence-electron chi connectivity index (χ2n) is 7.25. The second kappa shape index (κ2) is 7.47. The molecule has 0 spiro atoms. The second-order valence-corrected chi connectivity index (χ2v) is 7.25. The smallest absolute Gasteiger partial charge is 0.236 e. The number of piperidine rings is 1. The average molecular weight is 345 g/mol. The van der Waals surface area contributed by atoms with Gasteiger partial charge in [0.05, 0.1) is 6.54 Å². The quantitative estimate of drug-likeness (QED) is 0.804. The minimum absolute atomic E-state index is 0.118. The van der Waals surface area contributed by atoms with Gasteiger partial charge in [0.2, 0.25) is 11.8 Å². The molecule has 0 unspecified atom stereocenters. The first kappa shape index (κ1) is 17.8. The molecule has 136 valence electrons. The highest BCUT2D eigenvalue weighted by molar-refractivity contribution is 5.77. The Balaban J connectivity index is 1.67. The van der Waals surface area contributed by atoms with Gasteiger partial charge in [-0.25, -0.2) is 9.97 Å². The van der Waals surface area contributed by atoms with Crippen molar-refractivity contribution >= 4 is 11.8 Å². The van der Waals surface area contributed by atoms with Crippen molar-refractivity contribution in [1.29, 1.82) is 0 Å². The van der Waals surface area contributed by atoms with Gasteiger partial charge >= 0.3 is 0 Å². The van der Waals surface area contributed by atoms with Crippen LogP contribution in [0, 0.1) is 0 Å². The molecule has 1 saturated heterocycles. The summed E-state index contributed by atoms with van der Waals surface area (Å²) in [6.45, 7) is 5.18. The molecular formula is C18H27N5O2. The topological polar surface area (TPSA) is 69.6 Å². The predicted molar refractivity (Wildman–Crippen MR) is 93.9 cm³/mol. The zero-order valence-corrected chi connectivity index (χ0v) is 15.4. The Kier molecular flexibility index (Phi) is 5.32. The summed E-state index contributed by atoms with van der Waals surface area (Å²) in [5.74, 6) is 1.34. The molecular weight excluding hydrogens is 318 g/mol. The van der Waals surface area contributed by atoms with Crippen LogP contribution in [0.1, 0.15) is 42.8 Å². The van der Waals surface area contributed by atoms with Crippen LogP contribution in [-0.2, 0) is 22.6 Å². The van der Waals surface area contributed by atoms with E-state index in [2.05, 4.69) is 9.88 Å². The first-order valence-corrected chi connectivity index (χ1v) is 8.96. The minimum Gasteiger partial charge on any atom is -0.348 e. The van der Waals surface area contributed by atoms with Crippen LogP contribution in [0.25, 0.3) is 0 Å². The maximum atomic E-state index is 11.9. The van der Waals surface area contributed by atoms with Crippen LogP contribution in [0.5, 0.6) is 0 Å². The van der Waals surface area contributed by atoms with Crippen LogP contribution in [0.3, 0.4) is 0 Å². The van der Waals surface area contributed by atoms with E-state index in [1.165, 1.54) is 0 Å². The van der Waals surface area contributed by atoms with Gasteiger partial charge in [-0.2, -0.15) is 0 Å². The normalized spacial score (nSPS) is 20.9. The van der Waals surface area contributed by atoms with Crippen molar-refractivity contribution in [1.82, 2.24) is 24.7 Å². The van der Waals surface area contributed by atoms with Crippen molar-refractivity contribution in [3.63, 3.8) is 0 Å². The minimum atomic E-state index is 0.118. The number of likely N-dealkylation sites (tertiary alicyclic amines) is 1. The van der Waals surface area contributed by atoms with E-state index in [4.69, 9.17) is 4.98 Å². The highest BCUT2D eigenvalue weighted by Gasteiger charge is 2.27. The van der Waals surface area contributed by atoms with Gasteiger partial charge < -0.3 is 9.80 Å². The lowest BCUT2D eigenvalue weighted by atomic mass is 9.96. The zero-order valence-electron chi connectivity index (χ0n) is 15.4. The number of amides is 2. The molecule has 0 N–H and O–H groups in total. The summed E-state index contributed by atoms with van der Waals surface area (Å²) >= 11 is 0.